The summed E-state index contributed by atoms with van der Waals surface area (Å²) in [4.78, 5) is 8.35. The van der Waals surface area contributed by atoms with E-state index >= 15 is 0 Å². The second-order valence-corrected chi connectivity index (χ2v) is 4.07. The SMILES string of the molecule is NCc1nc(N)nc2c1CSCC2. The van der Waals surface area contributed by atoms with Crippen LogP contribution in [0.5, 0.6) is 0 Å². The average molecular weight is 196 g/mol. The van der Waals surface area contributed by atoms with Crippen LogP contribution in [0.15, 0.2) is 0 Å². The number of nitrogen functional groups attached to an aromatic ring is 1. The van der Waals surface area contributed by atoms with Crippen molar-refractivity contribution in [1.29, 1.82) is 0 Å². The summed E-state index contributed by atoms with van der Waals surface area (Å²) in [6.07, 6.45) is 0.986. The van der Waals surface area contributed by atoms with Gasteiger partial charge in [0, 0.05) is 17.9 Å². The predicted octanol–water partition coefficient (Wildman–Crippen LogP) is 0.307. The van der Waals surface area contributed by atoms with Crippen molar-refractivity contribution in [3.8, 4) is 0 Å². The van der Waals surface area contributed by atoms with Gasteiger partial charge in [-0.1, -0.05) is 0 Å². The zero-order valence-electron chi connectivity index (χ0n) is 7.29. The fraction of sp³-hybridized carbons (Fsp3) is 0.500. The number of anilines is 1. The van der Waals surface area contributed by atoms with Gasteiger partial charge in [0.15, 0.2) is 0 Å². The van der Waals surface area contributed by atoms with Gasteiger partial charge < -0.3 is 11.5 Å². The van der Waals surface area contributed by atoms with Crippen molar-refractivity contribution in [1.82, 2.24) is 9.97 Å². The highest BCUT2D eigenvalue weighted by atomic mass is 32.2. The monoisotopic (exact) mass is 196 g/mol. The minimum Gasteiger partial charge on any atom is -0.368 e. The van der Waals surface area contributed by atoms with Gasteiger partial charge in [-0.3, -0.25) is 0 Å². The summed E-state index contributed by atoms with van der Waals surface area (Å²) in [7, 11) is 0. The van der Waals surface area contributed by atoms with E-state index in [0.29, 0.717) is 12.5 Å². The number of thioether (sulfide) groups is 1. The minimum absolute atomic E-state index is 0.353. The van der Waals surface area contributed by atoms with Gasteiger partial charge >= 0.3 is 0 Å². The zero-order valence-corrected chi connectivity index (χ0v) is 8.10. The van der Waals surface area contributed by atoms with Crippen molar-refractivity contribution < 1.29 is 0 Å². The van der Waals surface area contributed by atoms with Gasteiger partial charge in [-0.25, -0.2) is 9.97 Å². The highest BCUT2D eigenvalue weighted by molar-refractivity contribution is 7.98. The van der Waals surface area contributed by atoms with E-state index in [9.17, 15) is 0 Å². The summed E-state index contributed by atoms with van der Waals surface area (Å²) < 4.78 is 0. The Morgan fingerprint density at radius 2 is 2.23 bits per heavy atom. The Kier molecular flexibility index (Phi) is 2.37. The van der Waals surface area contributed by atoms with Crippen LogP contribution in [0.2, 0.25) is 0 Å². The van der Waals surface area contributed by atoms with E-state index in [-0.39, 0.29) is 0 Å². The number of aryl methyl sites for hydroxylation is 1. The molecule has 0 saturated heterocycles. The van der Waals surface area contributed by atoms with Crippen LogP contribution >= 0.6 is 11.8 Å². The third-order valence-electron chi connectivity index (χ3n) is 2.12. The quantitative estimate of drug-likeness (QED) is 0.675. The number of hydrogen-bond acceptors (Lipinski definition) is 5. The van der Waals surface area contributed by atoms with Crippen LogP contribution in [0.1, 0.15) is 17.0 Å². The molecule has 1 aromatic rings. The highest BCUT2D eigenvalue weighted by Crippen LogP contribution is 2.25. The van der Waals surface area contributed by atoms with Gasteiger partial charge in [0.2, 0.25) is 5.95 Å². The lowest BCUT2D eigenvalue weighted by atomic mass is 10.1. The smallest absolute Gasteiger partial charge is 0.220 e. The topological polar surface area (TPSA) is 77.8 Å². The average Bonchev–Trinajstić information content (AvgIpc) is 2.16. The zero-order chi connectivity index (χ0) is 9.26. The Morgan fingerprint density at radius 3 is 3.00 bits per heavy atom. The van der Waals surface area contributed by atoms with E-state index in [1.165, 1.54) is 5.56 Å². The highest BCUT2D eigenvalue weighted by Gasteiger charge is 2.15. The van der Waals surface area contributed by atoms with Crippen molar-refractivity contribution in [2.45, 2.75) is 18.7 Å². The summed E-state index contributed by atoms with van der Waals surface area (Å²) in [6.45, 7) is 0.454. The molecule has 5 heteroatoms. The van der Waals surface area contributed by atoms with E-state index in [4.69, 9.17) is 11.5 Å². The molecule has 70 valence electrons. The lowest BCUT2D eigenvalue weighted by Gasteiger charge is -2.16. The molecule has 1 aliphatic heterocycles. The lowest BCUT2D eigenvalue weighted by molar-refractivity contribution is 0.886. The molecule has 0 spiro atoms. The van der Waals surface area contributed by atoms with Crippen LogP contribution < -0.4 is 11.5 Å². The maximum absolute atomic E-state index is 5.59. The fourth-order valence-corrected chi connectivity index (χ4v) is 2.51. The molecule has 0 bridgehead atoms. The molecule has 0 amide bonds. The number of nitrogens with zero attached hydrogens (tertiary/aromatic N) is 2. The van der Waals surface area contributed by atoms with Crippen LogP contribution in [0.25, 0.3) is 0 Å². The second-order valence-electron chi connectivity index (χ2n) is 2.96. The first-order chi connectivity index (χ1) is 6.31. The molecule has 4 nitrogen and oxygen atoms in total. The molecular weight excluding hydrogens is 184 g/mol. The van der Waals surface area contributed by atoms with Crippen molar-refractivity contribution in [2.75, 3.05) is 11.5 Å². The summed E-state index contributed by atoms with van der Waals surface area (Å²) in [6, 6.07) is 0. The van der Waals surface area contributed by atoms with E-state index in [2.05, 4.69) is 9.97 Å². The van der Waals surface area contributed by atoms with Crippen LogP contribution in [0.4, 0.5) is 5.95 Å². The summed E-state index contributed by atoms with van der Waals surface area (Å²) in [5.74, 6) is 2.45. The van der Waals surface area contributed by atoms with E-state index in [1.54, 1.807) is 0 Å². The number of nitrogens with two attached hydrogens (primary N) is 2. The van der Waals surface area contributed by atoms with Crippen molar-refractivity contribution in [2.24, 2.45) is 5.73 Å². The predicted molar refractivity (Wildman–Crippen MR) is 54.2 cm³/mol. The maximum Gasteiger partial charge on any atom is 0.220 e. The Balaban J connectivity index is 2.50. The van der Waals surface area contributed by atoms with Crippen LogP contribution in [-0.2, 0) is 18.7 Å². The number of aromatic nitrogens is 2. The molecule has 0 fully saturated rings. The van der Waals surface area contributed by atoms with Crippen LogP contribution in [0.3, 0.4) is 0 Å². The number of hydrogen-bond donors (Lipinski definition) is 2. The van der Waals surface area contributed by atoms with Gasteiger partial charge in [-0.05, 0) is 12.2 Å². The van der Waals surface area contributed by atoms with Crippen molar-refractivity contribution in [3.63, 3.8) is 0 Å². The summed E-state index contributed by atoms with van der Waals surface area (Å²) in [5, 5.41) is 0. The molecule has 0 aliphatic carbocycles. The molecule has 0 atom stereocenters. The lowest BCUT2D eigenvalue weighted by Crippen LogP contribution is -2.15. The Hall–Kier alpha value is -0.810. The van der Waals surface area contributed by atoms with Crippen LogP contribution in [-0.4, -0.2) is 15.7 Å². The Bertz CT molecular complexity index is 309. The van der Waals surface area contributed by atoms with Crippen LogP contribution in [0, 0.1) is 0 Å². The van der Waals surface area contributed by atoms with E-state index in [0.717, 1.165) is 29.3 Å². The standard InChI is InChI=1S/C8H12N4S/c9-3-7-5-4-13-2-1-6(5)11-8(10)12-7/h1-4,9H2,(H2,10,11,12). The summed E-state index contributed by atoms with van der Waals surface area (Å²) >= 11 is 1.90. The van der Waals surface area contributed by atoms with Gasteiger partial charge in [0.05, 0.1) is 11.4 Å². The third-order valence-corrected chi connectivity index (χ3v) is 3.10. The van der Waals surface area contributed by atoms with Crippen molar-refractivity contribution >= 4 is 17.7 Å². The first-order valence-electron chi connectivity index (χ1n) is 4.23. The number of rotatable bonds is 1. The molecule has 4 N–H and O–H groups in total. The normalized spacial score (nSPS) is 15.5. The largest absolute Gasteiger partial charge is 0.368 e. The van der Waals surface area contributed by atoms with Crippen molar-refractivity contribution in [3.05, 3.63) is 17.0 Å². The number of fused-ring (bicyclic) bond motifs is 1. The van der Waals surface area contributed by atoms with E-state index < -0.39 is 0 Å². The summed E-state index contributed by atoms with van der Waals surface area (Å²) in [5.41, 5.74) is 14.4. The van der Waals surface area contributed by atoms with Gasteiger partial charge in [-0.15, -0.1) is 0 Å². The molecule has 0 aromatic carbocycles. The minimum atomic E-state index is 0.353. The van der Waals surface area contributed by atoms with Gasteiger partial charge in [0.25, 0.3) is 0 Å². The molecule has 2 rings (SSSR count). The van der Waals surface area contributed by atoms with Gasteiger partial charge in [-0.2, -0.15) is 11.8 Å². The molecule has 2 heterocycles. The molecule has 13 heavy (non-hydrogen) atoms. The molecule has 1 aromatic heterocycles. The first kappa shape index (κ1) is 8.77. The third kappa shape index (κ3) is 1.62. The van der Waals surface area contributed by atoms with Gasteiger partial charge in [0.1, 0.15) is 0 Å². The molecule has 0 saturated carbocycles. The Morgan fingerprint density at radius 1 is 1.38 bits per heavy atom. The second kappa shape index (κ2) is 3.51. The molecule has 1 aliphatic rings. The van der Waals surface area contributed by atoms with E-state index in [1.807, 2.05) is 11.8 Å². The first-order valence-corrected chi connectivity index (χ1v) is 5.38. The Labute approximate surface area is 81.1 Å². The fourth-order valence-electron chi connectivity index (χ4n) is 1.49. The molecule has 0 unspecified atom stereocenters. The maximum atomic E-state index is 5.59. The molecule has 0 radical (unpaired) electrons. The molecular formula is C8H12N4S.